The molecule has 5 nitrogen and oxygen atoms in total. The molecule has 5 heteroatoms. The highest BCUT2D eigenvalue weighted by Gasteiger charge is 2.31. The standard InChI is InChI=1S/C16H21N5/c1-12-3-2-4-15(18-12)20-9-7-13(8-10-20)16-19-17-11-21(16)14-5-6-14/h2-4,11,13-14H,5-10H2,1H3. The Morgan fingerprint density at radius 2 is 1.90 bits per heavy atom. The molecule has 3 heterocycles. The molecule has 2 aliphatic rings. The number of anilines is 1. The van der Waals surface area contributed by atoms with Gasteiger partial charge in [0, 0.05) is 30.7 Å². The van der Waals surface area contributed by atoms with Gasteiger partial charge in [-0.1, -0.05) is 6.07 Å². The quantitative estimate of drug-likeness (QED) is 0.869. The highest BCUT2D eigenvalue weighted by Crippen LogP contribution is 2.38. The fourth-order valence-corrected chi connectivity index (χ4v) is 3.25. The van der Waals surface area contributed by atoms with Crippen molar-refractivity contribution in [2.75, 3.05) is 18.0 Å². The Bertz CT molecular complexity index is 623. The van der Waals surface area contributed by atoms with Gasteiger partial charge in [-0.25, -0.2) is 4.98 Å². The van der Waals surface area contributed by atoms with Crippen LogP contribution in [0.5, 0.6) is 0 Å². The average molecular weight is 283 g/mol. The van der Waals surface area contributed by atoms with Gasteiger partial charge in [0.15, 0.2) is 0 Å². The van der Waals surface area contributed by atoms with Gasteiger partial charge in [-0.3, -0.25) is 0 Å². The summed E-state index contributed by atoms with van der Waals surface area (Å²) >= 11 is 0. The maximum atomic E-state index is 4.63. The van der Waals surface area contributed by atoms with Crippen molar-refractivity contribution < 1.29 is 0 Å². The molecule has 0 spiro atoms. The van der Waals surface area contributed by atoms with Crippen LogP contribution in [0.25, 0.3) is 0 Å². The van der Waals surface area contributed by atoms with E-state index in [0.717, 1.165) is 37.4 Å². The molecular formula is C16H21N5. The summed E-state index contributed by atoms with van der Waals surface area (Å²) in [5.74, 6) is 2.86. The minimum absolute atomic E-state index is 0.550. The van der Waals surface area contributed by atoms with Crippen LogP contribution in [0.15, 0.2) is 24.5 Å². The lowest BCUT2D eigenvalue weighted by molar-refractivity contribution is 0.463. The molecule has 1 aliphatic heterocycles. The van der Waals surface area contributed by atoms with Crippen LogP contribution in [0.2, 0.25) is 0 Å². The monoisotopic (exact) mass is 283 g/mol. The maximum Gasteiger partial charge on any atom is 0.136 e. The van der Waals surface area contributed by atoms with E-state index in [1.807, 2.05) is 19.3 Å². The highest BCUT2D eigenvalue weighted by atomic mass is 15.3. The van der Waals surface area contributed by atoms with Gasteiger partial charge >= 0.3 is 0 Å². The third-order valence-corrected chi connectivity index (χ3v) is 4.60. The Balaban J connectivity index is 1.45. The van der Waals surface area contributed by atoms with E-state index in [1.54, 1.807) is 0 Å². The van der Waals surface area contributed by atoms with Crippen molar-refractivity contribution in [3.05, 3.63) is 36.0 Å². The lowest BCUT2D eigenvalue weighted by Crippen LogP contribution is -2.34. The molecule has 0 bridgehead atoms. The van der Waals surface area contributed by atoms with E-state index in [9.17, 15) is 0 Å². The number of piperidine rings is 1. The van der Waals surface area contributed by atoms with Gasteiger partial charge in [0.1, 0.15) is 18.0 Å². The normalized spacial score (nSPS) is 20.0. The first-order valence-corrected chi connectivity index (χ1v) is 7.89. The van der Waals surface area contributed by atoms with E-state index in [2.05, 4.69) is 36.8 Å². The minimum Gasteiger partial charge on any atom is -0.357 e. The molecule has 2 aromatic heterocycles. The van der Waals surface area contributed by atoms with Crippen LogP contribution in [0, 0.1) is 6.92 Å². The molecule has 0 atom stereocenters. The zero-order valence-corrected chi connectivity index (χ0v) is 12.4. The van der Waals surface area contributed by atoms with Crippen molar-refractivity contribution in [2.45, 2.75) is 44.6 Å². The lowest BCUT2D eigenvalue weighted by Gasteiger charge is -2.32. The minimum atomic E-state index is 0.550. The molecule has 2 fully saturated rings. The molecule has 0 N–H and O–H groups in total. The predicted octanol–water partition coefficient (Wildman–Crippen LogP) is 2.70. The summed E-state index contributed by atoms with van der Waals surface area (Å²) in [4.78, 5) is 7.02. The van der Waals surface area contributed by atoms with Crippen LogP contribution in [0.1, 0.15) is 49.2 Å². The summed E-state index contributed by atoms with van der Waals surface area (Å²) in [6.45, 7) is 4.16. The fourth-order valence-electron chi connectivity index (χ4n) is 3.25. The van der Waals surface area contributed by atoms with Gasteiger partial charge in [0.25, 0.3) is 0 Å². The number of aryl methyl sites for hydroxylation is 1. The zero-order valence-electron chi connectivity index (χ0n) is 12.4. The Morgan fingerprint density at radius 1 is 1.10 bits per heavy atom. The van der Waals surface area contributed by atoms with Crippen LogP contribution in [0.4, 0.5) is 5.82 Å². The first-order chi connectivity index (χ1) is 10.3. The largest absolute Gasteiger partial charge is 0.357 e. The third-order valence-electron chi connectivity index (χ3n) is 4.60. The lowest BCUT2D eigenvalue weighted by atomic mass is 9.96. The van der Waals surface area contributed by atoms with E-state index < -0.39 is 0 Å². The molecule has 1 saturated carbocycles. The van der Waals surface area contributed by atoms with Gasteiger partial charge in [-0.05, 0) is 44.7 Å². The molecule has 0 radical (unpaired) electrons. The van der Waals surface area contributed by atoms with Crippen LogP contribution >= 0.6 is 0 Å². The summed E-state index contributed by atoms with van der Waals surface area (Å²) in [6, 6.07) is 6.92. The molecular weight excluding hydrogens is 262 g/mol. The second-order valence-corrected chi connectivity index (χ2v) is 6.23. The first kappa shape index (κ1) is 12.8. The Hall–Kier alpha value is -1.91. The summed E-state index contributed by atoms with van der Waals surface area (Å²) < 4.78 is 2.31. The molecule has 2 aromatic rings. The topological polar surface area (TPSA) is 46.8 Å². The van der Waals surface area contributed by atoms with E-state index in [1.165, 1.54) is 18.7 Å². The number of rotatable bonds is 3. The van der Waals surface area contributed by atoms with E-state index in [4.69, 9.17) is 0 Å². The van der Waals surface area contributed by atoms with Crippen LogP contribution < -0.4 is 4.90 Å². The molecule has 4 rings (SSSR count). The second-order valence-electron chi connectivity index (χ2n) is 6.23. The molecule has 0 unspecified atom stereocenters. The SMILES string of the molecule is Cc1cccc(N2CCC(c3nncn3C3CC3)CC2)n1. The summed E-state index contributed by atoms with van der Waals surface area (Å²) in [5, 5.41) is 8.53. The number of hydrogen-bond acceptors (Lipinski definition) is 4. The molecule has 0 amide bonds. The Morgan fingerprint density at radius 3 is 2.62 bits per heavy atom. The van der Waals surface area contributed by atoms with E-state index in [-0.39, 0.29) is 0 Å². The van der Waals surface area contributed by atoms with Crippen molar-refractivity contribution >= 4 is 5.82 Å². The van der Waals surface area contributed by atoms with Crippen molar-refractivity contribution in [1.29, 1.82) is 0 Å². The third kappa shape index (κ3) is 2.52. The van der Waals surface area contributed by atoms with Crippen molar-refractivity contribution in [1.82, 2.24) is 19.7 Å². The molecule has 110 valence electrons. The molecule has 21 heavy (non-hydrogen) atoms. The van der Waals surface area contributed by atoms with Gasteiger partial charge in [0.05, 0.1) is 0 Å². The van der Waals surface area contributed by atoms with Gasteiger partial charge in [0.2, 0.25) is 0 Å². The van der Waals surface area contributed by atoms with Crippen molar-refractivity contribution in [3.63, 3.8) is 0 Å². The molecule has 1 aliphatic carbocycles. The Kier molecular flexibility index (Phi) is 3.13. The molecule has 1 saturated heterocycles. The average Bonchev–Trinajstić information content (AvgIpc) is 3.25. The summed E-state index contributed by atoms with van der Waals surface area (Å²) in [6.07, 6.45) is 6.78. The highest BCUT2D eigenvalue weighted by molar-refractivity contribution is 5.39. The van der Waals surface area contributed by atoms with Crippen LogP contribution in [-0.4, -0.2) is 32.8 Å². The summed E-state index contributed by atoms with van der Waals surface area (Å²) in [7, 11) is 0. The van der Waals surface area contributed by atoms with E-state index >= 15 is 0 Å². The van der Waals surface area contributed by atoms with Gasteiger partial charge < -0.3 is 9.47 Å². The number of pyridine rings is 1. The van der Waals surface area contributed by atoms with Crippen molar-refractivity contribution in [2.24, 2.45) is 0 Å². The number of hydrogen-bond donors (Lipinski definition) is 0. The maximum absolute atomic E-state index is 4.63. The van der Waals surface area contributed by atoms with Gasteiger partial charge in [-0.2, -0.15) is 0 Å². The van der Waals surface area contributed by atoms with Gasteiger partial charge in [-0.15, -0.1) is 10.2 Å². The summed E-state index contributed by atoms with van der Waals surface area (Å²) in [5.41, 5.74) is 1.09. The van der Waals surface area contributed by atoms with Crippen LogP contribution in [-0.2, 0) is 0 Å². The number of aromatic nitrogens is 4. The predicted molar refractivity (Wildman–Crippen MR) is 81.5 cm³/mol. The Labute approximate surface area is 125 Å². The second kappa shape index (κ2) is 5.13. The smallest absolute Gasteiger partial charge is 0.136 e. The van der Waals surface area contributed by atoms with Crippen molar-refractivity contribution in [3.8, 4) is 0 Å². The first-order valence-electron chi connectivity index (χ1n) is 7.89. The number of nitrogens with zero attached hydrogens (tertiary/aromatic N) is 5. The van der Waals surface area contributed by atoms with Crippen LogP contribution in [0.3, 0.4) is 0 Å². The zero-order chi connectivity index (χ0) is 14.2. The van der Waals surface area contributed by atoms with E-state index in [0.29, 0.717) is 12.0 Å². The fraction of sp³-hybridized carbons (Fsp3) is 0.562. The molecule has 0 aromatic carbocycles.